The molecule has 2 heterocycles. The average molecular weight is 360 g/mol. The zero-order chi connectivity index (χ0) is 19.1. The lowest BCUT2D eigenvalue weighted by Gasteiger charge is -2.36. The van der Waals surface area contributed by atoms with E-state index in [9.17, 15) is 19.5 Å². The molecule has 0 aromatic heterocycles. The van der Waals surface area contributed by atoms with Crippen LogP contribution >= 0.6 is 0 Å². The summed E-state index contributed by atoms with van der Waals surface area (Å²) in [5, 5.41) is 19.1. The predicted octanol–water partition coefficient (Wildman–Crippen LogP) is 1.09. The van der Waals surface area contributed by atoms with Crippen molar-refractivity contribution in [3.63, 3.8) is 0 Å². The van der Waals surface area contributed by atoms with Crippen molar-refractivity contribution in [1.82, 2.24) is 4.90 Å². The normalized spacial score (nSPS) is 22.6. The predicted molar refractivity (Wildman–Crippen MR) is 94.8 cm³/mol. The average Bonchev–Trinajstić information content (AvgIpc) is 2.99. The van der Waals surface area contributed by atoms with Gasteiger partial charge in [-0.05, 0) is 31.0 Å². The number of carboxylic acid groups (broad SMARTS) is 1. The van der Waals surface area contributed by atoms with E-state index in [0.29, 0.717) is 6.54 Å². The maximum Gasteiger partial charge on any atom is 0.335 e. The number of aryl methyl sites for hydroxylation is 1. The summed E-state index contributed by atoms with van der Waals surface area (Å²) in [5.41, 5.74) is 1.20. The molecule has 2 N–H and O–H groups in total. The Morgan fingerprint density at radius 1 is 1.19 bits per heavy atom. The standard InChI is InChI=1S/C19H24N2O5/c1-12-4-3-5-15(13(12)2)21-11-14(10-16(21)22)17(23)20-8-6-19(26,7-9-20)18(24)25/h3-5,14,26H,6-11H2,1-2H3,(H,24,25). The summed E-state index contributed by atoms with van der Waals surface area (Å²) in [4.78, 5) is 39.6. The number of rotatable bonds is 3. The third-order valence-corrected chi connectivity index (χ3v) is 5.64. The van der Waals surface area contributed by atoms with E-state index in [4.69, 9.17) is 5.11 Å². The number of likely N-dealkylation sites (tertiary alicyclic amines) is 1. The molecular weight excluding hydrogens is 336 g/mol. The number of nitrogens with zero attached hydrogens (tertiary/aromatic N) is 2. The number of hydrogen-bond donors (Lipinski definition) is 2. The maximum absolute atomic E-state index is 12.8. The molecule has 0 aliphatic carbocycles. The van der Waals surface area contributed by atoms with Gasteiger partial charge in [0.25, 0.3) is 0 Å². The maximum atomic E-state index is 12.8. The van der Waals surface area contributed by atoms with Gasteiger partial charge in [0.05, 0.1) is 5.92 Å². The third kappa shape index (κ3) is 3.19. The summed E-state index contributed by atoms with van der Waals surface area (Å²) in [5.74, 6) is -1.89. The van der Waals surface area contributed by atoms with Crippen LogP contribution in [0.25, 0.3) is 0 Å². The molecule has 0 bridgehead atoms. The minimum atomic E-state index is -1.76. The molecule has 2 saturated heterocycles. The van der Waals surface area contributed by atoms with E-state index >= 15 is 0 Å². The molecule has 7 nitrogen and oxygen atoms in total. The van der Waals surface area contributed by atoms with Crippen LogP contribution in [0.3, 0.4) is 0 Å². The molecule has 1 atom stereocenters. The van der Waals surface area contributed by atoms with Gasteiger partial charge in [-0.3, -0.25) is 9.59 Å². The number of carboxylic acids is 1. The molecule has 2 amide bonds. The number of piperidine rings is 1. The van der Waals surface area contributed by atoms with Gasteiger partial charge in [-0.1, -0.05) is 12.1 Å². The fourth-order valence-corrected chi connectivity index (χ4v) is 3.70. The second kappa shape index (κ2) is 6.72. The highest BCUT2D eigenvalue weighted by molar-refractivity contribution is 6.01. The Labute approximate surface area is 152 Å². The minimum Gasteiger partial charge on any atom is -0.479 e. The summed E-state index contributed by atoms with van der Waals surface area (Å²) in [6.07, 6.45) is 0.177. The Morgan fingerprint density at radius 2 is 1.85 bits per heavy atom. The van der Waals surface area contributed by atoms with Gasteiger partial charge in [-0.15, -0.1) is 0 Å². The Hall–Kier alpha value is -2.41. The van der Waals surface area contributed by atoms with Crippen molar-refractivity contribution >= 4 is 23.5 Å². The third-order valence-electron chi connectivity index (χ3n) is 5.64. The second-order valence-electron chi connectivity index (χ2n) is 7.29. The number of anilines is 1. The molecule has 2 fully saturated rings. The monoisotopic (exact) mass is 360 g/mol. The summed E-state index contributed by atoms with van der Waals surface area (Å²) in [6.45, 7) is 4.66. The molecular formula is C19H24N2O5. The topological polar surface area (TPSA) is 98.2 Å². The molecule has 3 rings (SSSR count). The van der Waals surface area contributed by atoms with E-state index in [-0.39, 0.29) is 44.2 Å². The highest BCUT2D eigenvalue weighted by Crippen LogP contribution is 2.31. The smallest absolute Gasteiger partial charge is 0.335 e. The number of aliphatic carboxylic acids is 1. The van der Waals surface area contributed by atoms with Gasteiger partial charge >= 0.3 is 5.97 Å². The van der Waals surface area contributed by atoms with Crippen LogP contribution in [0, 0.1) is 19.8 Å². The summed E-state index contributed by atoms with van der Waals surface area (Å²) in [7, 11) is 0. The molecule has 2 aliphatic rings. The number of carbonyl (C=O) groups excluding carboxylic acids is 2. The molecule has 26 heavy (non-hydrogen) atoms. The first-order valence-corrected chi connectivity index (χ1v) is 8.84. The molecule has 1 aromatic carbocycles. The van der Waals surface area contributed by atoms with Crippen LogP contribution in [0.5, 0.6) is 0 Å². The van der Waals surface area contributed by atoms with Crippen LogP contribution in [0.4, 0.5) is 5.69 Å². The van der Waals surface area contributed by atoms with Crippen molar-refractivity contribution in [3.05, 3.63) is 29.3 Å². The molecule has 0 radical (unpaired) electrons. The Bertz CT molecular complexity index is 752. The van der Waals surface area contributed by atoms with Gasteiger partial charge in [-0.25, -0.2) is 4.79 Å². The van der Waals surface area contributed by atoms with Crippen molar-refractivity contribution in [2.45, 2.75) is 38.7 Å². The lowest BCUT2D eigenvalue weighted by Crippen LogP contribution is -2.52. The Morgan fingerprint density at radius 3 is 2.46 bits per heavy atom. The van der Waals surface area contributed by atoms with Crippen molar-refractivity contribution in [2.24, 2.45) is 5.92 Å². The summed E-state index contributed by atoms with van der Waals surface area (Å²) >= 11 is 0. The van der Waals surface area contributed by atoms with Crippen molar-refractivity contribution in [1.29, 1.82) is 0 Å². The number of aliphatic hydroxyl groups is 1. The summed E-state index contributed by atoms with van der Waals surface area (Å²) in [6, 6.07) is 5.78. The zero-order valence-electron chi connectivity index (χ0n) is 15.1. The molecule has 1 unspecified atom stereocenters. The van der Waals surface area contributed by atoms with E-state index in [1.807, 2.05) is 32.0 Å². The SMILES string of the molecule is Cc1cccc(N2CC(C(=O)N3CCC(O)(C(=O)O)CC3)CC2=O)c1C. The first-order chi connectivity index (χ1) is 12.2. The Kier molecular flexibility index (Phi) is 4.75. The van der Waals surface area contributed by atoms with Gasteiger partial charge in [0, 0.05) is 44.6 Å². The van der Waals surface area contributed by atoms with Crippen molar-refractivity contribution in [3.8, 4) is 0 Å². The van der Waals surface area contributed by atoms with Crippen LogP contribution in [-0.2, 0) is 14.4 Å². The highest BCUT2D eigenvalue weighted by atomic mass is 16.4. The number of carbonyl (C=O) groups is 3. The summed E-state index contributed by atoms with van der Waals surface area (Å²) < 4.78 is 0. The number of hydrogen-bond acceptors (Lipinski definition) is 4. The molecule has 0 saturated carbocycles. The van der Waals surface area contributed by atoms with Gasteiger partial charge in [0.2, 0.25) is 11.8 Å². The molecule has 0 spiro atoms. The lowest BCUT2D eigenvalue weighted by molar-refractivity contribution is -0.165. The highest BCUT2D eigenvalue weighted by Gasteiger charge is 2.43. The van der Waals surface area contributed by atoms with Gasteiger partial charge < -0.3 is 20.0 Å². The molecule has 7 heteroatoms. The van der Waals surface area contributed by atoms with Crippen LogP contribution < -0.4 is 4.90 Å². The first-order valence-electron chi connectivity index (χ1n) is 8.84. The van der Waals surface area contributed by atoms with Gasteiger partial charge in [0.1, 0.15) is 0 Å². The fraction of sp³-hybridized carbons (Fsp3) is 0.526. The van der Waals surface area contributed by atoms with Crippen LogP contribution in [0.1, 0.15) is 30.4 Å². The van der Waals surface area contributed by atoms with E-state index in [1.165, 1.54) is 0 Å². The van der Waals surface area contributed by atoms with Crippen molar-refractivity contribution < 1.29 is 24.6 Å². The van der Waals surface area contributed by atoms with Crippen LogP contribution in [-0.4, -0.2) is 58.1 Å². The second-order valence-corrected chi connectivity index (χ2v) is 7.29. The lowest BCUT2D eigenvalue weighted by atomic mass is 9.91. The number of amides is 2. The largest absolute Gasteiger partial charge is 0.479 e. The fourth-order valence-electron chi connectivity index (χ4n) is 3.70. The minimum absolute atomic E-state index is 0.00937. The molecule has 140 valence electrons. The van der Waals surface area contributed by atoms with E-state index in [1.54, 1.807) is 9.80 Å². The van der Waals surface area contributed by atoms with E-state index < -0.39 is 17.5 Å². The molecule has 2 aliphatic heterocycles. The quantitative estimate of drug-likeness (QED) is 0.841. The zero-order valence-corrected chi connectivity index (χ0v) is 15.1. The number of benzene rings is 1. The van der Waals surface area contributed by atoms with Gasteiger partial charge in [0.15, 0.2) is 5.60 Å². The van der Waals surface area contributed by atoms with E-state index in [2.05, 4.69) is 0 Å². The van der Waals surface area contributed by atoms with Crippen LogP contribution in [0.2, 0.25) is 0 Å². The first kappa shape index (κ1) is 18.4. The molecule has 1 aromatic rings. The van der Waals surface area contributed by atoms with Crippen LogP contribution in [0.15, 0.2) is 18.2 Å². The van der Waals surface area contributed by atoms with Gasteiger partial charge in [-0.2, -0.15) is 0 Å². The van der Waals surface area contributed by atoms with Crippen molar-refractivity contribution in [2.75, 3.05) is 24.5 Å². The van der Waals surface area contributed by atoms with E-state index in [0.717, 1.165) is 16.8 Å². The Balaban J connectivity index is 1.68.